The van der Waals surface area contributed by atoms with Crippen LogP contribution in [0.25, 0.3) is 222 Å². The Morgan fingerprint density at radius 3 is 1.12 bits per heavy atom. The lowest BCUT2D eigenvalue weighted by molar-refractivity contribution is 1.08. The number of hydrogen-bond acceptors (Lipinski definition) is 2. The maximum absolute atomic E-state index is 5.05. The summed E-state index contributed by atoms with van der Waals surface area (Å²) in [5.41, 5.74) is 42.2. The Bertz CT molecular complexity index is 9450. The molecule has 0 saturated carbocycles. The fourth-order valence-electron chi connectivity index (χ4n) is 21.2. The fourth-order valence-corrected chi connectivity index (χ4v) is 21.2. The van der Waals surface area contributed by atoms with Crippen molar-refractivity contribution < 1.29 is 0 Å². The molecule has 0 fully saturated rings. The average Bonchev–Trinajstić information content (AvgIpc) is 1.55. The average molecular weight is 1640 g/mol. The van der Waals surface area contributed by atoms with Crippen molar-refractivity contribution in [2.24, 2.45) is 0 Å². The van der Waals surface area contributed by atoms with Gasteiger partial charge < -0.3 is 0 Å². The molecule has 0 N–H and O–H groups in total. The number of nitrogens with zero attached hydrogens (tertiary/aromatic N) is 14. The van der Waals surface area contributed by atoms with Gasteiger partial charge in [-0.25, -0.2) is 9.97 Å². The number of imidazole rings is 7. The Balaban J connectivity index is 0.0000000997. The van der Waals surface area contributed by atoms with Gasteiger partial charge in [-0.2, -0.15) is 0 Å². The quantitative estimate of drug-likeness (QED) is 0.152. The predicted molar refractivity (Wildman–Crippen MR) is 527 cm³/mol. The number of rotatable bonds is 8. The summed E-state index contributed by atoms with van der Waals surface area (Å²) in [7, 11) is 0. The zero-order valence-corrected chi connectivity index (χ0v) is 69.7. The number of aryl methyl sites for hydroxylation is 2. The third-order valence-corrected chi connectivity index (χ3v) is 26.6. The van der Waals surface area contributed by atoms with E-state index < -0.39 is 0 Å². The van der Waals surface area contributed by atoms with Gasteiger partial charge in [-0.05, 0) is 247 Å². The Hall–Kier alpha value is -17.4. The normalized spacial score (nSPS) is 12.1. The Labute approximate surface area is 731 Å². The van der Waals surface area contributed by atoms with Crippen molar-refractivity contribution in [1.82, 2.24) is 63.8 Å². The molecule has 0 aliphatic carbocycles. The molecule has 0 bridgehead atoms. The van der Waals surface area contributed by atoms with Crippen LogP contribution < -0.4 is 0 Å². The van der Waals surface area contributed by atoms with E-state index in [2.05, 4.69) is 474 Å². The zero-order valence-electron chi connectivity index (χ0n) is 69.7. The summed E-state index contributed by atoms with van der Waals surface area (Å²) in [5, 5.41) is 6.18. The summed E-state index contributed by atoms with van der Waals surface area (Å²) < 4.78 is 28.3. The van der Waals surface area contributed by atoms with E-state index in [4.69, 9.17) is 9.97 Å². The van der Waals surface area contributed by atoms with Gasteiger partial charge in [0.05, 0.1) is 111 Å². The van der Waals surface area contributed by atoms with Crippen LogP contribution >= 0.6 is 0 Å². The van der Waals surface area contributed by atoms with Crippen LogP contribution in [-0.4, -0.2) is 63.8 Å². The second kappa shape index (κ2) is 27.6. The molecular weight excluding hydrogens is 1570 g/mol. The van der Waals surface area contributed by atoms with Crippen LogP contribution in [0.1, 0.15) is 11.1 Å². The maximum atomic E-state index is 5.05. The molecule has 29 aromatic rings. The lowest BCUT2D eigenvalue weighted by Gasteiger charge is -2.13. The van der Waals surface area contributed by atoms with Gasteiger partial charge >= 0.3 is 0 Å². The molecule has 29 rings (SSSR count). The molecule has 0 atom stereocenters. The molecular formula is C114H76N14. The molecule has 602 valence electrons. The molecule has 0 unspecified atom stereocenters. The molecule has 13 heterocycles. The smallest absolute Gasteiger partial charge is 0.220 e. The summed E-state index contributed by atoms with van der Waals surface area (Å²) in [4.78, 5) is 9.87. The summed E-state index contributed by atoms with van der Waals surface area (Å²) in [6.45, 7) is 4.58. The van der Waals surface area contributed by atoms with E-state index in [0.29, 0.717) is 0 Å². The molecule has 0 amide bonds. The highest BCUT2D eigenvalue weighted by atomic mass is 15.2. The van der Waals surface area contributed by atoms with Gasteiger partial charge in [-0.1, -0.05) is 218 Å². The van der Waals surface area contributed by atoms with Gasteiger partial charge in [0.25, 0.3) is 0 Å². The highest BCUT2D eigenvalue weighted by Crippen LogP contribution is 2.44. The number of fused-ring (bicyclic) bond motifs is 30. The molecule has 13 aromatic heterocycles. The van der Waals surface area contributed by atoms with Gasteiger partial charge in [0.2, 0.25) is 5.78 Å². The topological polar surface area (TPSA) is 81.8 Å². The van der Waals surface area contributed by atoms with Crippen LogP contribution in [0.4, 0.5) is 0 Å². The van der Waals surface area contributed by atoms with Crippen LogP contribution in [0.3, 0.4) is 0 Å². The van der Waals surface area contributed by atoms with Crippen molar-refractivity contribution >= 4 is 166 Å². The van der Waals surface area contributed by atoms with E-state index in [1.807, 2.05) is 18.3 Å². The van der Waals surface area contributed by atoms with Crippen LogP contribution in [0, 0.1) is 13.8 Å². The van der Waals surface area contributed by atoms with E-state index in [1.165, 1.54) is 166 Å². The van der Waals surface area contributed by atoms with Gasteiger partial charge in [0.1, 0.15) is 28.2 Å². The van der Waals surface area contributed by atoms with E-state index in [1.54, 1.807) is 0 Å². The molecule has 0 aliphatic rings. The number of hydrogen-bond donors (Lipinski definition) is 0. The highest BCUT2D eigenvalue weighted by Gasteiger charge is 2.27. The Kier molecular flexibility index (Phi) is 15.3. The van der Waals surface area contributed by atoms with E-state index in [0.717, 1.165) is 67.4 Å². The van der Waals surface area contributed by atoms with Crippen molar-refractivity contribution in [3.8, 4) is 56.4 Å². The molecule has 0 radical (unpaired) electrons. The number of aromatic nitrogens is 14. The summed E-state index contributed by atoms with van der Waals surface area (Å²) >= 11 is 0. The number of para-hydroxylation sites is 15. The van der Waals surface area contributed by atoms with Crippen molar-refractivity contribution in [2.75, 3.05) is 0 Å². The van der Waals surface area contributed by atoms with Crippen LogP contribution in [0.5, 0.6) is 0 Å². The largest absolute Gasteiger partial charge is 0.294 e. The minimum atomic E-state index is 0.901. The van der Waals surface area contributed by atoms with E-state index >= 15 is 0 Å². The van der Waals surface area contributed by atoms with Crippen molar-refractivity contribution in [1.29, 1.82) is 0 Å². The number of benzene rings is 16. The Morgan fingerprint density at radius 2 is 0.547 bits per heavy atom. The van der Waals surface area contributed by atoms with Gasteiger partial charge in [0.15, 0.2) is 5.65 Å². The monoisotopic (exact) mass is 1640 g/mol. The second-order valence-electron chi connectivity index (χ2n) is 33.5. The zero-order chi connectivity index (χ0) is 84.1. The van der Waals surface area contributed by atoms with Gasteiger partial charge in [0, 0.05) is 55.9 Å². The third kappa shape index (κ3) is 10.4. The number of pyridine rings is 1. The summed E-state index contributed by atoms with van der Waals surface area (Å²) in [5.74, 6) is 0.901. The first-order valence-electron chi connectivity index (χ1n) is 43.6. The minimum absolute atomic E-state index is 0.901. The summed E-state index contributed by atoms with van der Waals surface area (Å²) in [6.07, 6.45) is 1.86. The predicted octanol–water partition coefficient (Wildman–Crippen LogP) is 27.9. The molecule has 16 aromatic carbocycles. The van der Waals surface area contributed by atoms with Crippen LogP contribution in [0.15, 0.2) is 425 Å². The molecule has 14 nitrogen and oxygen atoms in total. The fraction of sp³-hybridized carbons (Fsp3) is 0.0175. The molecule has 0 aliphatic heterocycles. The molecule has 0 spiro atoms. The minimum Gasteiger partial charge on any atom is -0.294 e. The second-order valence-corrected chi connectivity index (χ2v) is 33.5. The van der Waals surface area contributed by atoms with E-state index in [9.17, 15) is 0 Å². The highest BCUT2D eigenvalue weighted by molar-refractivity contribution is 6.06. The SMILES string of the molecule is Cc1c(-c2ccc3c(c2C)n2c4ccccc4cc2n3-c2ccccc2)ccc2cc3n(-c4ccccc4)c4ccccc4n3c12.c1cc(-n2c3ncccc3n3c4ccccc4cc23)cc(-n2c3ccccc3n3c4ccccc4nc23)c1.c1ccc(-n2c3ccccc3n3c4cc(-c5ccc6c(c5)n5c7ccccc7cc5n6-c5ccccc5)ccc4cc23)cc1. The van der Waals surface area contributed by atoms with Crippen molar-refractivity contribution in [3.63, 3.8) is 0 Å². The maximum Gasteiger partial charge on any atom is 0.220 e. The Morgan fingerprint density at radius 1 is 0.195 bits per heavy atom. The lowest BCUT2D eigenvalue weighted by atomic mass is 9.94. The first-order valence-corrected chi connectivity index (χ1v) is 43.6. The molecule has 0 saturated heterocycles. The first-order chi connectivity index (χ1) is 63.4. The standard InChI is InChI=1S/C42H30N4.C40H26N4.C32H20N6/c1-27-33(22-21-30-26-40-43(31-14-5-3-6-15-31)36-19-11-12-20-37(36)46(40)41(27)30)34-23-24-38-42(28(34)2)45-35-18-10-9-13-29(35)25-39(45)44(38)32-16-7-4-8-17-32;1-3-12-31(13-4-1)41-34-17-9-10-18-35(34)44-37-23-27(19-20-30(37)26-40(41)44)28-21-22-36-38(24-28)43-33-16-8-7-11-29(33)25-39(43)42(36)32-14-5-2-6-15-32;1-3-13-25-21(9-1)19-30-36(31-29(37(25)30)17-8-18-33-31)23-11-7-10-22(20-23)35-27-15-5-6-16-28(27)38-26-14-4-2-12-24(26)34-32(35)38/h3-26H,1-2H3;1-26H;1-20H. The first kappa shape index (κ1) is 71.2. The summed E-state index contributed by atoms with van der Waals surface area (Å²) in [6, 6.07) is 150. The van der Waals surface area contributed by atoms with E-state index in [-0.39, 0.29) is 0 Å². The van der Waals surface area contributed by atoms with Gasteiger partial charge in [-0.15, -0.1) is 0 Å². The van der Waals surface area contributed by atoms with Crippen LogP contribution in [-0.2, 0) is 0 Å². The van der Waals surface area contributed by atoms with Crippen molar-refractivity contribution in [3.05, 3.63) is 436 Å². The van der Waals surface area contributed by atoms with Gasteiger partial charge in [-0.3, -0.25) is 53.8 Å². The lowest BCUT2D eigenvalue weighted by Crippen LogP contribution is -1.99. The molecule has 128 heavy (non-hydrogen) atoms. The van der Waals surface area contributed by atoms with Crippen molar-refractivity contribution in [2.45, 2.75) is 13.8 Å². The molecule has 14 heteroatoms. The van der Waals surface area contributed by atoms with Crippen LogP contribution in [0.2, 0.25) is 0 Å². The third-order valence-electron chi connectivity index (χ3n) is 26.6.